The molecule has 1 aromatic rings. The van der Waals surface area contributed by atoms with Gasteiger partial charge in [-0.15, -0.1) is 0 Å². The van der Waals surface area contributed by atoms with Gasteiger partial charge in [0.15, 0.2) is 0 Å². The Bertz CT molecular complexity index is 496. The van der Waals surface area contributed by atoms with Crippen LogP contribution >= 0.6 is 0 Å². The number of ether oxygens (including phenoxy) is 3. The molecule has 0 aliphatic rings. The van der Waals surface area contributed by atoms with Crippen LogP contribution < -0.4 is 4.74 Å². The number of pyridine rings is 1. The van der Waals surface area contributed by atoms with Gasteiger partial charge in [-0.1, -0.05) is 0 Å². The first-order valence-corrected chi connectivity index (χ1v) is 5.59. The van der Waals surface area contributed by atoms with Crippen LogP contribution in [0.25, 0.3) is 6.08 Å². The van der Waals surface area contributed by atoms with Crippen molar-refractivity contribution < 1.29 is 23.8 Å². The lowest BCUT2D eigenvalue weighted by molar-refractivity contribution is -0.137. The van der Waals surface area contributed by atoms with E-state index >= 15 is 0 Å². The topological polar surface area (TPSA) is 74.7 Å². The van der Waals surface area contributed by atoms with Gasteiger partial charge in [-0.2, -0.15) is 0 Å². The molecule has 0 aliphatic carbocycles. The zero-order valence-corrected chi connectivity index (χ0v) is 11.0. The molecule has 102 valence electrons. The Morgan fingerprint density at radius 1 is 1.37 bits per heavy atom. The van der Waals surface area contributed by atoms with Crippen molar-refractivity contribution in [2.24, 2.45) is 0 Å². The van der Waals surface area contributed by atoms with E-state index in [-0.39, 0.29) is 11.4 Å². The molecule has 6 nitrogen and oxygen atoms in total. The maximum atomic E-state index is 11.5. The summed E-state index contributed by atoms with van der Waals surface area (Å²) in [7, 11) is 2.67. The first-order chi connectivity index (χ1) is 9.12. The van der Waals surface area contributed by atoms with Gasteiger partial charge in [0.25, 0.3) is 0 Å². The van der Waals surface area contributed by atoms with Crippen molar-refractivity contribution in [3.05, 3.63) is 29.5 Å². The van der Waals surface area contributed by atoms with Crippen molar-refractivity contribution in [2.45, 2.75) is 6.92 Å². The van der Waals surface area contributed by atoms with Crippen LogP contribution in [-0.4, -0.2) is 37.7 Å². The maximum absolute atomic E-state index is 11.5. The highest BCUT2D eigenvalue weighted by Crippen LogP contribution is 2.18. The third kappa shape index (κ3) is 4.09. The van der Waals surface area contributed by atoms with E-state index in [0.29, 0.717) is 12.2 Å². The minimum atomic E-state index is -0.560. The van der Waals surface area contributed by atoms with Gasteiger partial charge in [0, 0.05) is 12.3 Å². The Balaban J connectivity index is 2.98. The number of nitrogens with zero attached hydrogens (tertiary/aromatic N) is 1. The molecule has 0 aliphatic heterocycles. The number of carbonyl (C=O) groups excluding carboxylic acids is 2. The Morgan fingerprint density at radius 2 is 2.11 bits per heavy atom. The second kappa shape index (κ2) is 7.15. The van der Waals surface area contributed by atoms with Crippen molar-refractivity contribution in [1.82, 2.24) is 4.98 Å². The fourth-order valence-electron chi connectivity index (χ4n) is 1.33. The molecule has 0 unspecified atom stereocenters. The third-order valence-corrected chi connectivity index (χ3v) is 2.17. The SMILES string of the molecule is CCOC(=O)/C=C/c1cnc(OC)c(C(=O)OC)c1. The second-order valence-electron chi connectivity index (χ2n) is 3.40. The van der Waals surface area contributed by atoms with Gasteiger partial charge in [-0.3, -0.25) is 0 Å². The Hall–Kier alpha value is -2.37. The van der Waals surface area contributed by atoms with Crippen LogP contribution in [0.15, 0.2) is 18.3 Å². The predicted molar refractivity (Wildman–Crippen MR) is 67.8 cm³/mol. The fourth-order valence-corrected chi connectivity index (χ4v) is 1.33. The minimum Gasteiger partial charge on any atom is -0.480 e. The van der Waals surface area contributed by atoms with Crippen LogP contribution in [0.5, 0.6) is 5.88 Å². The monoisotopic (exact) mass is 265 g/mol. The van der Waals surface area contributed by atoms with Crippen molar-refractivity contribution in [3.63, 3.8) is 0 Å². The van der Waals surface area contributed by atoms with E-state index in [9.17, 15) is 9.59 Å². The van der Waals surface area contributed by atoms with Crippen LogP contribution in [-0.2, 0) is 14.3 Å². The molecule has 0 bridgehead atoms. The Kier molecular flexibility index (Phi) is 5.53. The molecule has 1 rings (SSSR count). The van der Waals surface area contributed by atoms with Crippen molar-refractivity contribution in [2.75, 3.05) is 20.8 Å². The molecule has 1 aromatic heterocycles. The van der Waals surface area contributed by atoms with Gasteiger partial charge in [0.1, 0.15) is 5.56 Å². The summed E-state index contributed by atoms with van der Waals surface area (Å²) in [6.45, 7) is 2.02. The zero-order chi connectivity index (χ0) is 14.3. The summed E-state index contributed by atoms with van der Waals surface area (Å²) < 4.78 is 14.3. The molecule has 0 atom stereocenters. The van der Waals surface area contributed by atoms with Crippen LogP contribution in [0.1, 0.15) is 22.8 Å². The molecule has 1 heterocycles. The molecule has 0 amide bonds. The van der Waals surface area contributed by atoms with Gasteiger partial charge in [-0.25, -0.2) is 14.6 Å². The average molecular weight is 265 g/mol. The first-order valence-electron chi connectivity index (χ1n) is 5.59. The molecule has 0 radical (unpaired) electrons. The van der Waals surface area contributed by atoms with Crippen molar-refractivity contribution in [3.8, 4) is 5.88 Å². The van der Waals surface area contributed by atoms with Gasteiger partial charge in [0.2, 0.25) is 5.88 Å². The number of aromatic nitrogens is 1. The lowest BCUT2D eigenvalue weighted by Crippen LogP contribution is -2.06. The molecule has 0 N–H and O–H groups in total. The molecule has 0 saturated heterocycles. The summed E-state index contributed by atoms with van der Waals surface area (Å²) in [6.07, 6.45) is 4.23. The first kappa shape index (κ1) is 14.7. The standard InChI is InChI=1S/C13H15NO5/c1-4-19-11(15)6-5-9-7-10(13(16)18-3)12(17-2)14-8-9/h5-8H,4H2,1-3H3/b6-5+. The number of carbonyl (C=O) groups is 2. The van der Waals surface area contributed by atoms with Crippen LogP contribution in [0.3, 0.4) is 0 Å². The maximum Gasteiger partial charge on any atom is 0.343 e. The predicted octanol–water partition coefficient (Wildman–Crippen LogP) is 1.45. The largest absolute Gasteiger partial charge is 0.480 e. The summed E-state index contributed by atoms with van der Waals surface area (Å²) in [5.41, 5.74) is 0.755. The third-order valence-electron chi connectivity index (χ3n) is 2.17. The highest BCUT2D eigenvalue weighted by atomic mass is 16.5. The number of rotatable bonds is 5. The van der Waals surface area contributed by atoms with E-state index in [1.807, 2.05) is 0 Å². The number of hydrogen-bond acceptors (Lipinski definition) is 6. The second-order valence-corrected chi connectivity index (χ2v) is 3.40. The lowest BCUT2D eigenvalue weighted by atomic mass is 10.2. The van der Waals surface area contributed by atoms with Crippen molar-refractivity contribution >= 4 is 18.0 Å². The summed E-state index contributed by atoms with van der Waals surface area (Å²) >= 11 is 0. The minimum absolute atomic E-state index is 0.167. The number of esters is 2. The fraction of sp³-hybridized carbons (Fsp3) is 0.308. The Morgan fingerprint density at radius 3 is 2.68 bits per heavy atom. The number of hydrogen-bond donors (Lipinski definition) is 0. The molecule has 0 fully saturated rings. The summed E-state index contributed by atoms with van der Waals surface area (Å²) in [6, 6.07) is 1.52. The molecule has 0 spiro atoms. The summed E-state index contributed by atoms with van der Waals surface area (Å²) in [5, 5.41) is 0. The quantitative estimate of drug-likeness (QED) is 0.592. The van der Waals surface area contributed by atoms with Crippen LogP contribution in [0.2, 0.25) is 0 Å². The lowest BCUT2D eigenvalue weighted by Gasteiger charge is -2.06. The van der Waals surface area contributed by atoms with Crippen molar-refractivity contribution in [1.29, 1.82) is 0 Å². The van der Waals surface area contributed by atoms with E-state index in [2.05, 4.69) is 9.72 Å². The smallest absolute Gasteiger partial charge is 0.343 e. The van der Waals surface area contributed by atoms with Gasteiger partial charge in [0.05, 0.1) is 20.8 Å². The molecule has 0 saturated carbocycles. The Labute approximate surface area is 111 Å². The number of methoxy groups -OCH3 is 2. The van der Waals surface area contributed by atoms with Crippen LogP contribution in [0, 0.1) is 0 Å². The normalized spacial score (nSPS) is 10.3. The van der Waals surface area contributed by atoms with Gasteiger partial charge < -0.3 is 14.2 Å². The molecular formula is C13H15NO5. The molecule has 0 aromatic carbocycles. The van der Waals surface area contributed by atoms with Crippen LogP contribution in [0.4, 0.5) is 0 Å². The summed E-state index contributed by atoms with van der Waals surface area (Å²) in [5.74, 6) is -0.853. The molecule has 6 heteroatoms. The summed E-state index contributed by atoms with van der Waals surface area (Å²) in [4.78, 5) is 26.7. The zero-order valence-electron chi connectivity index (χ0n) is 11.0. The van der Waals surface area contributed by atoms with E-state index < -0.39 is 11.9 Å². The van der Waals surface area contributed by atoms with E-state index in [1.54, 1.807) is 6.92 Å². The highest BCUT2D eigenvalue weighted by molar-refractivity contribution is 5.93. The average Bonchev–Trinajstić information content (AvgIpc) is 2.44. The van der Waals surface area contributed by atoms with Gasteiger partial charge in [-0.05, 0) is 24.6 Å². The van der Waals surface area contributed by atoms with E-state index in [1.165, 1.54) is 38.6 Å². The molecule has 19 heavy (non-hydrogen) atoms. The molecular weight excluding hydrogens is 250 g/mol. The van der Waals surface area contributed by atoms with E-state index in [4.69, 9.17) is 9.47 Å². The highest BCUT2D eigenvalue weighted by Gasteiger charge is 2.14. The van der Waals surface area contributed by atoms with E-state index in [0.717, 1.165) is 0 Å². The van der Waals surface area contributed by atoms with Gasteiger partial charge >= 0.3 is 11.9 Å².